The molecule has 1 unspecified atom stereocenters. The van der Waals surface area contributed by atoms with E-state index in [1.165, 1.54) is 22.4 Å². The van der Waals surface area contributed by atoms with Gasteiger partial charge in [0.05, 0.1) is 0 Å². The van der Waals surface area contributed by atoms with Gasteiger partial charge in [0, 0.05) is 11.7 Å². The molecule has 0 saturated heterocycles. The molecule has 0 saturated carbocycles. The summed E-state index contributed by atoms with van der Waals surface area (Å²) in [5.74, 6) is -0.214. The van der Waals surface area contributed by atoms with Crippen molar-refractivity contribution in [3.63, 3.8) is 0 Å². The second kappa shape index (κ2) is 5.57. The molecule has 3 aromatic rings. The first kappa shape index (κ1) is 13.6. The molecular formula is C19H18FN. The maximum atomic E-state index is 13.4. The van der Waals surface area contributed by atoms with Crippen LogP contribution in [0.4, 0.5) is 10.1 Å². The summed E-state index contributed by atoms with van der Waals surface area (Å²) in [5.41, 5.74) is 3.08. The molecule has 3 aromatic carbocycles. The molecule has 0 aliphatic carbocycles. The fraction of sp³-hybridized carbons (Fsp3) is 0.158. The zero-order chi connectivity index (χ0) is 14.8. The number of rotatable bonds is 3. The van der Waals surface area contributed by atoms with Gasteiger partial charge in [0.25, 0.3) is 0 Å². The number of hydrogen-bond acceptors (Lipinski definition) is 1. The number of nitrogens with one attached hydrogen (secondary N) is 1. The van der Waals surface area contributed by atoms with Crippen LogP contribution in [0.2, 0.25) is 0 Å². The van der Waals surface area contributed by atoms with Crippen molar-refractivity contribution in [2.24, 2.45) is 0 Å². The Bertz CT molecular complexity index is 779. The van der Waals surface area contributed by atoms with Crippen LogP contribution in [0.15, 0.2) is 60.7 Å². The Kier molecular flexibility index (Phi) is 3.61. The Morgan fingerprint density at radius 1 is 0.905 bits per heavy atom. The van der Waals surface area contributed by atoms with Crippen molar-refractivity contribution in [1.29, 1.82) is 0 Å². The number of halogens is 1. The minimum atomic E-state index is -0.214. The molecule has 1 N–H and O–H groups in total. The molecule has 0 amide bonds. The van der Waals surface area contributed by atoms with E-state index in [0.717, 1.165) is 11.3 Å². The minimum Gasteiger partial charge on any atom is -0.378 e. The van der Waals surface area contributed by atoms with Gasteiger partial charge in [-0.15, -0.1) is 0 Å². The van der Waals surface area contributed by atoms with E-state index in [1.807, 2.05) is 19.1 Å². The number of fused-ring (bicyclic) bond motifs is 1. The van der Waals surface area contributed by atoms with Crippen molar-refractivity contribution in [3.05, 3.63) is 77.6 Å². The summed E-state index contributed by atoms with van der Waals surface area (Å²) >= 11 is 0. The second-order valence-electron chi connectivity index (χ2n) is 5.43. The van der Waals surface area contributed by atoms with Crippen LogP contribution < -0.4 is 5.32 Å². The average Bonchev–Trinajstić information content (AvgIpc) is 2.50. The second-order valence-corrected chi connectivity index (χ2v) is 5.43. The standard InChI is InChI=1S/C19H18FN/c1-13-7-10-18(20)12-19(13)21-14(2)16-9-8-15-5-3-4-6-17(15)11-16/h3-12,14,21H,1-2H3. The van der Waals surface area contributed by atoms with Crippen molar-refractivity contribution in [2.75, 3.05) is 5.32 Å². The molecule has 0 aliphatic heterocycles. The molecule has 106 valence electrons. The van der Waals surface area contributed by atoms with Crippen molar-refractivity contribution in [2.45, 2.75) is 19.9 Å². The normalized spacial score (nSPS) is 12.3. The van der Waals surface area contributed by atoms with Gasteiger partial charge in [0.15, 0.2) is 0 Å². The van der Waals surface area contributed by atoms with Gasteiger partial charge in [-0.05, 0) is 53.9 Å². The fourth-order valence-electron chi connectivity index (χ4n) is 2.54. The number of hydrogen-bond donors (Lipinski definition) is 1. The third-order valence-corrected chi connectivity index (χ3v) is 3.85. The lowest BCUT2D eigenvalue weighted by molar-refractivity contribution is 0.627. The lowest BCUT2D eigenvalue weighted by atomic mass is 10.0. The van der Waals surface area contributed by atoms with Crippen molar-refractivity contribution in [1.82, 2.24) is 0 Å². The summed E-state index contributed by atoms with van der Waals surface area (Å²) in [5, 5.41) is 5.85. The van der Waals surface area contributed by atoms with Crippen LogP contribution in [0.25, 0.3) is 10.8 Å². The van der Waals surface area contributed by atoms with E-state index in [9.17, 15) is 4.39 Å². The molecular weight excluding hydrogens is 261 g/mol. The highest BCUT2D eigenvalue weighted by Crippen LogP contribution is 2.25. The van der Waals surface area contributed by atoms with Gasteiger partial charge >= 0.3 is 0 Å². The van der Waals surface area contributed by atoms with Gasteiger partial charge in [0.2, 0.25) is 0 Å². The van der Waals surface area contributed by atoms with E-state index in [0.29, 0.717) is 0 Å². The molecule has 0 radical (unpaired) electrons. The molecule has 0 heterocycles. The first-order valence-electron chi connectivity index (χ1n) is 7.15. The SMILES string of the molecule is Cc1ccc(F)cc1NC(C)c1ccc2ccccc2c1. The predicted molar refractivity (Wildman–Crippen MR) is 87.1 cm³/mol. The van der Waals surface area contributed by atoms with E-state index in [-0.39, 0.29) is 11.9 Å². The van der Waals surface area contributed by atoms with Crippen LogP contribution >= 0.6 is 0 Å². The summed E-state index contributed by atoms with van der Waals surface area (Å²) in [6.45, 7) is 4.07. The van der Waals surface area contributed by atoms with Crippen LogP contribution in [-0.2, 0) is 0 Å². The summed E-state index contributed by atoms with van der Waals surface area (Å²) in [6.07, 6.45) is 0. The van der Waals surface area contributed by atoms with E-state index in [2.05, 4.69) is 42.6 Å². The van der Waals surface area contributed by atoms with E-state index in [1.54, 1.807) is 12.1 Å². The molecule has 0 spiro atoms. The van der Waals surface area contributed by atoms with Crippen LogP contribution in [0, 0.1) is 12.7 Å². The van der Waals surface area contributed by atoms with E-state index >= 15 is 0 Å². The fourth-order valence-corrected chi connectivity index (χ4v) is 2.54. The Morgan fingerprint density at radius 3 is 2.48 bits per heavy atom. The number of benzene rings is 3. The van der Waals surface area contributed by atoms with Crippen LogP contribution in [0.1, 0.15) is 24.1 Å². The Balaban J connectivity index is 1.89. The minimum absolute atomic E-state index is 0.120. The molecule has 0 fully saturated rings. The molecule has 21 heavy (non-hydrogen) atoms. The highest BCUT2D eigenvalue weighted by atomic mass is 19.1. The average molecular weight is 279 g/mol. The van der Waals surface area contributed by atoms with Crippen LogP contribution in [0.3, 0.4) is 0 Å². The van der Waals surface area contributed by atoms with E-state index in [4.69, 9.17) is 0 Å². The summed E-state index contributed by atoms with van der Waals surface area (Å²) in [6, 6.07) is 19.7. The summed E-state index contributed by atoms with van der Waals surface area (Å²) in [4.78, 5) is 0. The monoisotopic (exact) mass is 279 g/mol. The topological polar surface area (TPSA) is 12.0 Å². The quantitative estimate of drug-likeness (QED) is 0.671. The Morgan fingerprint density at radius 2 is 1.67 bits per heavy atom. The van der Waals surface area contributed by atoms with Gasteiger partial charge in [0.1, 0.15) is 5.82 Å². The van der Waals surface area contributed by atoms with Crippen LogP contribution in [-0.4, -0.2) is 0 Å². The molecule has 0 aliphatic rings. The smallest absolute Gasteiger partial charge is 0.125 e. The van der Waals surface area contributed by atoms with Crippen LogP contribution in [0.5, 0.6) is 0 Å². The largest absolute Gasteiger partial charge is 0.378 e. The molecule has 0 bridgehead atoms. The van der Waals surface area contributed by atoms with Gasteiger partial charge in [-0.2, -0.15) is 0 Å². The highest BCUT2D eigenvalue weighted by Gasteiger charge is 2.08. The zero-order valence-electron chi connectivity index (χ0n) is 12.2. The molecule has 1 atom stereocenters. The first-order valence-corrected chi connectivity index (χ1v) is 7.15. The third kappa shape index (κ3) is 2.89. The zero-order valence-corrected chi connectivity index (χ0v) is 12.2. The Labute approximate surface area is 124 Å². The summed E-state index contributed by atoms with van der Waals surface area (Å²) in [7, 11) is 0. The third-order valence-electron chi connectivity index (χ3n) is 3.85. The maximum Gasteiger partial charge on any atom is 0.125 e. The van der Waals surface area contributed by atoms with Gasteiger partial charge in [-0.25, -0.2) is 4.39 Å². The van der Waals surface area contributed by atoms with Gasteiger partial charge < -0.3 is 5.32 Å². The lowest BCUT2D eigenvalue weighted by Gasteiger charge is -2.18. The van der Waals surface area contributed by atoms with E-state index < -0.39 is 0 Å². The molecule has 2 heteroatoms. The van der Waals surface area contributed by atoms with Crippen molar-refractivity contribution < 1.29 is 4.39 Å². The predicted octanol–water partition coefficient (Wildman–Crippen LogP) is 5.46. The molecule has 3 rings (SSSR count). The lowest BCUT2D eigenvalue weighted by Crippen LogP contribution is -2.07. The van der Waals surface area contributed by atoms with Crippen molar-refractivity contribution >= 4 is 16.5 Å². The van der Waals surface area contributed by atoms with Crippen molar-refractivity contribution in [3.8, 4) is 0 Å². The van der Waals surface area contributed by atoms with Gasteiger partial charge in [-0.1, -0.05) is 42.5 Å². The number of anilines is 1. The van der Waals surface area contributed by atoms with Gasteiger partial charge in [-0.3, -0.25) is 0 Å². The highest BCUT2D eigenvalue weighted by molar-refractivity contribution is 5.83. The maximum absolute atomic E-state index is 13.4. The number of aryl methyl sites for hydroxylation is 1. The molecule has 1 nitrogen and oxygen atoms in total. The summed E-state index contributed by atoms with van der Waals surface area (Å²) < 4.78 is 13.4. The first-order chi connectivity index (χ1) is 10.1. The molecule has 0 aromatic heterocycles. The Hall–Kier alpha value is -2.35.